The molecule has 174 valence electrons. The van der Waals surface area contributed by atoms with E-state index in [-0.39, 0.29) is 18.5 Å². The summed E-state index contributed by atoms with van der Waals surface area (Å²) in [5, 5.41) is 9.25. The number of carbonyl (C=O) groups is 1. The Morgan fingerprint density at radius 3 is 2.39 bits per heavy atom. The maximum Gasteiger partial charge on any atom is 0.221 e. The summed E-state index contributed by atoms with van der Waals surface area (Å²) >= 11 is 0. The molecule has 2 aliphatic heterocycles. The molecule has 33 heavy (non-hydrogen) atoms. The van der Waals surface area contributed by atoms with Crippen LogP contribution >= 0.6 is 0 Å². The van der Waals surface area contributed by atoms with E-state index in [1.165, 1.54) is 0 Å². The Kier molecular flexibility index (Phi) is 6.73. The van der Waals surface area contributed by atoms with Crippen LogP contribution in [0, 0.1) is 11.3 Å². The lowest BCUT2D eigenvalue weighted by molar-refractivity contribution is -0.129. The molecule has 1 unspecified atom stereocenters. The highest BCUT2D eigenvalue weighted by Gasteiger charge is 2.40. The van der Waals surface area contributed by atoms with Crippen molar-refractivity contribution in [3.63, 3.8) is 0 Å². The summed E-state index contributed by atoms with van der Waals surface area (Å²) in [5.41, 5.74) is 3.00. The average molecular weight is 467 g/mol. The molecule has 1 amide bonds. The van der Waals surface area contributed by atoms with Gasteiger partial charge in [-0.3, -0.25) is 4.79 Å². The first-order valence-corrected chi connectivity index (χ1v) is 12.9. The second kappa shape index (κ2) is 9.54. The zero-order chi connectivity index (χ0) is 23.6. The summed E-state index contributed by atoms with van der Waals surface area (Å²) < 4.78 is 28.6. The molecule has 0 aromatic heterocycles. The minimum atomic E-state index is -3.53. The number of amides is 1. The third kappa shape index (κ3) is 4.75. The fourth-order valence-corrected chi connectivity index (χ4v) is 7.04. The van der Waals surface area contributed by atoms with Crippen LogP contribution in [0.25, 0.3) is 0 Å². The number of hydrogen-bond acceptors (Lipinski definition) is 5. The summed E-state index contributed by atoms with van der Waals surface area (Å²) in [7, 11) is -3.53. The number of hydrogen-bond donors (Lipinski definition) is 0. The van der Waals surface area contributed by atoms with Gasteiger partial charge in [-0.05, 0) is 43.0 Å². The van der Waals surface area contributed by atoms with Crippen molar-refractivity contribution < 1.29 is 13.2 Å². The van der Waals surface area contributed by atoms with Crippen LogP contribution in [0.15, 0.2) is 48.5 Å². The second-order valence-electron chi connectivity index (χ2n) is 8.87. The zero-order valence-electron chi connectivity index (χ0n) is 19.1. The Bertz CT molecular complexity index is 1150. The minimum Gasteiger partial charge on any atom is -0.367 e. The Labute approximate surface area is 196 Å². The molecule has 0 N–H and O–H groups in total. The molecule has 7 nitrogen and oxygen atoms in total. The lowest BCUT2D eigenvalue weighted by Gasteiger charge is -2.38. The normalized spacial score (nSPS) is 23.2. The maximum absolute atomic E-state index is 13.5. The van der Waals surface area contributed by atoms with Gasteiger partial charge in [0.05, 0.1) is 11.3 Å². The second-order valence-corrected chi connectivity index (χ2v) is 10.9. The van der Waals surface area contributed by atoms with E-state index in [1.807, 2.05) is 54.3 Å². The first-order chi connectivity index (χ1) is 15.8. The van der Waals surface area contributed by atoms with Crippen LogP contribution in [0.2, 0.25) is 0 Å². The van der Waals surface area contributed by atoms with E-state index in [9.17, 15) is 18.5 Å². The Hall–Kier alpha value is -2.89. The van der Waals surface area contributed by atoms with E-state index < -0.39 is 15.3 Å². The molecule has 2 atom stereocenters. The van der Waals surface area contributed by atoms with E-state index in [1.54, 1.807) is 17.3 Å². The van der Waals surface area contributed by atoms with Crippen molar-refractivity contribution in [2.75, 3.05) is 31.1 Å². The van der Waals surface area contributed by atoms with Crippen molar-refractivity contribution in [3.8, 4) is 6.07 Å². The molecule has 0 aliphatic carbocycles. The van der Waals surface area contributed by atoms with Gasteiger partial charge in [0.15, 0.2) is 0 Å². The molecule has 2 aromatic carbocycles. The average Bonchev–Trinajstić information content (AvgIpc) is 2.82. The van der Waals surface area contributed by atoms with Gasteiger partial charge in [-0.25, -0.2) is 8.42 Å². The van der Waals surface area contributed by atoms with Crippen LogP contribution in [0.3, 0.4) is 0 Å². The summed E-state index contributed by atoms with van der Waals surface area (Å²) in [5.74, 6) is 0.0659. The Balaban J connectivity index is 1.55. The predicted molar refractivity (Wildman–Crippen MR) is 128 cm³/mol. The van der Waals surface area contributed by atoms with Crippen LogP contribution in [-0.2, 0) is 21.4 Å². The fourth-order valence-electron chi connectivity index (χ4n) is 4.84. The molecule has 2 aromatic rings. The highest BCUT2D eigenvalue weighted by molar-refractivity contribution is 7.89. The lowest BCUT2D eigenvalue weighted by Crippen LogP contribution is -2.48. The van der Waals surface area contributed by atoms with Gasteiger partial charge in [0.25, 0.3) is 0 Å². The van der Waals surface area contributed by atoms with E-state index in [4.69, 9.17) is 0 Å². The zero-order valence-corrected chi connectivity index (χ0v) is 20.0. The maximum atomic E-state index is 13.5. The summed E-state index contributed by atoms with van der Waals surface area (Å²) in [6.07, 6.45) is 1.40. The summed E-state index contributed by atoms with van der Waals surface area (Å²) in [4.78, 5) is 15.5. The van der Waals surface area contributed by atoms with Crippen molar-refractivity contribution in [2.45, 2.75) is 44.5 Å². The molecule has 0 bridgehead atoms. The van der Waals surface area contributed by atoms with Crippen LogP contribution in [0.1, 0.15) is 48.6 Å². The van der Waals surface area contributed by atoms with Crippen LogP contribution in [0.4, 0.5) is 5.69 Å². The van der Waals surface area contributed by atoms with E-state index in [0.29, 0.717) is 38.2 Å². The summed E-state index contributed by atoms with van der Waals surface area (Å²) in [6.45, 7) is 6.38. The SMILES string of the molecule is CC(=O)N1CCN(c2ccc(CN3[C@@H](C)CCC(c4ccccc4)S3(=O)=O)cc2C#N)CC1. The summed E-state index contributed by atoms with van der Waals surface area (Å²) in [6, 6.07) is 17.2. The highest BCUT2D eigenvalue weighted by atomic mass is 32.2. The van der Waals surface area contributed by atoms with Gasteiger partial charge in [0.2, 0.25) is 15.9 Å². The Morgan fingerprint density at radius 1 is 1.06 bits per heavy atom. The van der Waals surface area contributed by atoms with Crippen molar-refractivity contribution in [2.24, 2.45) is 0 Å². The van der Waals surface area contributed by atoms with Gasteiger partial charge in [-0.1, -0.05) is 36.4 Å². The van der Waals surface area contributed by atoms with Crippen molar-refractivity contribution >= 4 is 21.6 Å². The van der Waals surface area contributed by atoms with Crippen molar-refractivity contribution in [1.29, 1.82) is 5.26 Å². The number of nitriles is 1. The first kappa shape index (κ1) is 23.3. The molecular formula is C25H30N4O3S. The van der Waals surface area contributed by atoms with Crippen molar-refractivity contribution in [3.05, 3.63) is 65.2 Å². The largest absolute Gasteiger partial charge is 0.367 e. The van der Waals surface area contributed by atoms with Crippen LogP contribution < -0.4 is 4.90 Å². The number of anilines is 1. The molecule has 8 heteroatoms. The monoisotopic (exact) mass is 466 g/mol. The highest BCUT2D eigenvalue weighted by Crippen LogP contribution is 2.38. The molecule has 2 fully saturated rings. The van der Waals surface area contributed by atoms with E-state index in [2.05, 4.69) is 11.0 Å². The van der Waals surface area contributed by atoms with Gasteiger partial charge >= 0.3 is 0 Å². The molecule has 0 radical (unpaired) electrons. The van der Waals surface area contributed by atoms with Crippen LogP contribution in [-0.4, -0.2) is 55.8 Å². The van der Waals surface area contributed by atoms with Gasteiger partial charge in [-0.15, -0.1) is 0 Å². The number of rotatable bonds is 4. The predicted octanol–water partition coefficient (Wildman–Crippen LogP) is 3.28. The molecule has 0 saturated carbocycles. The van der Waals surface area contributed by atoms with Gasteiger partial charge in [0.1, 0.15) is 11.3 Å². The van der Waals surface area contributed by atoms with E-state index in [0.717, 1.165) is 23.2 Å². The van der Waals surface area contributed by atoms with Crippen LogP contribution in [0.5, 0.6) is 0 Å². The van der Waals surface area contributed by atoms with E-state index >= 15 is 0 Å². The fraction of sp³-hybridized carbons (Fsp3) is 0.440. The number of benzene rings is 2. The topological polar surface area (TPSA) is 84.7 Å². The number of sulfonamides is 1. The van der Waals surface area contributed by atoms with Gasteiger partial charge in [-0.2, -0.15) is 9.57 Å². The smallest absolute Gasteiger partial charge is 0.221 e. The number of carbonyl (C=O) groups excluding carboxylic acids is 1. The first-order valence-electron chi connectivity index (χ1n) is 11.4. The molecule has 4 rings (SSSR count). The quantitative estimate of drug-likeness (QED) is 0.690. The Morgan fingerprint density at radius 2 is 1.76 bits per heavy atom. The number of piperazine rings is 1. The molecule has 2 aliphatic rings. The lowest BCUT2D eigenvalue weighted by atomic mass is 10.0. The standard InChI is InChI=1S/C25H30N4O3S/c1-19-8-11-25(22-6-4-3-5-7-22)33(31,32)29(19)18-21-9-10-24(23(16-21)17-26)28-14-12-27(13-15-28)20(2)30/h3-7,9-10,16,19,25H,8,11-15,18H2,1-2H3/t19-,25?/m0/s1. The van der Waals surface area contributed by atoms with Gasteiger partial charge < -0.3 is 9.80 Å². The molecule has 0 spiro atoms. The minimum absolute atomic E-state index is 0.0659. The van der Waals surface area contributed by atoms with Crippen molar-refractivity contribution in [1.82, 2.24) is 9.21 Å². The molecule has 2 heterocycles. The third-order valence-corrected chi connectivity index (χ3v) is 9.15. The third-order valence-electron chi connectivity index (χ3n) is 6.78. The van der Waals surface area contributed by atoms with Gasteiger partial charge in [0, 0.05) is 45.7 Å². The molecular weight excluding hydrogens is 436 g/mol. The molecule has 2 saturated heterocycles. The number of nitrogens with zero attached hydrogens (tertiary/aromatic N) is 4.